The minimum absolute atomic E-state index is 0.0881. The molecule has 0 aliphatic heterocycles. The third-order valence-corrected chi connectivity index (χ3v) is 4.26. The van der Waals surface area contributed by atoms with Crippen molar-refractivity contribution in [3.8, 4) is 0 Å². The van der Waals surface area contributed by atoms with Crippen molar-refractivity contribution in [2.45, 2.75) is 13.5 Å². The fourth-order valence-electron chi connectivity index (χ4n) is 1.89. The highest BCUT2D eigenvalue weighted by atomic mass is 32.1. The number of nitrogens with zero attached hydrogens (tertiary/aromatic N) is 2. The molecule has 0 aliphatic carbocycles. The standard InChI is InChI=1S/C14H13FN2O3S/c1-9(18)13-7-12(17(19)20)14(21-13)16(2)8-10-3-5-11(15)6-4-10/h3-7H,8H2,1-2H3. The number of hydrogen-bond donors (Lipinski definition) is 0. The Morgan fingerprint density at radius 3 is 2.52 bits per heavy atom. The van der Waals surface area contributed by atoms with E-state index in [0.29, 0.717) is 16.4 Å². The van der Waals surface area contributed by atoms with Crippen LogP contribution < -0.4 is 4.90 Å². The second-order valence-corrected chi connectivity index (χ2v) is 5.63. The molecule has 110 valence electrons. The lowest BCUT2D eigenvalue weighted by molar-refractivity contribution is -0.383. The second kappa shape index (κ2) is 6.01. The van der Waals surface area contributed by atoms with E-state index in [2.05, 4.69) is 0 Å². The molecule has 0 unspecified atom stereocenters. The summed E-state index contributed by atoms with van der Waals surface area (Å²) in [4.78, 5) is 24.0. The van der Waals surface area contributed by atoms with Crippen LogP contribution in [0.15, 0.2) is 30.3 Å². The summed E-state index contributed by atoms with van der Waals surface area (Å²) in [5.74, 6) is -0.535. The zero-order valence-corrected chi connectivity index (χ0v) is 12.3. The number of nitro groups is 1. The molecule has 0 bridgehead atoms. The molecule has 0 radical (unpaired) electrons. The minimum atomic E-state index is -0.501. The number of anilines is 1. The van der Waals surface area contributed by atoms with Gasteiger partial charge in [-0.25, -0.2) is 4.39 Å². The second-order valence-electron chi connectivity index (χ2n) is 4.60. The molecule has 0 saturated carbocycles. The van der Waals surface area contributed by atoms with Gasteiger partial charge in [-0.1, -0.05) is 12.1 Å². The lowest BCUT2D eigenvalue weighted by Crippen LogP contribution is -2.16. The summed E-state index contributed by atoms with van der Waals surface area (Å²) >= 11 is 1.09. The number of thiophene rings is 1. The molecule has 1 heterocycles. The summed E-state index contributed by atoms with van der Waals surface area (Å²) in [5, 5.41) is 11.5. The monoisotopic (exact) mass is 308 g/mol. The highest BCUT2D eigenvalue weighted by Crippen LogP contribution is 2.37. The maximum absolute atomic E-state index is 12.9. The van der Waals surface area contributed by atoms with Crippen molar-refractivity contribution < 1.29 is 14.1 Å². The molecule has 0 fully saturated rings. The molecule has 0 N–H and O–H groups in total. The number of carbonyl (C=O) groups is 1. The van der Waals surface area contributed by atoms with Gasteiger partial charge in [0.2, 0.25) is 0 Å². The van der Waals surface area contributed by atoms with Crippen molar-refractivity contribution in [3.05, 3.63) is 56.7 Å². The van der Waals surface area contributed by atoms with E-state index in [1.54, 1.807) is 24.1 Å². The Hall–Kier alpha value is -2.28. The molecule has 1 aromatic heterocycles. The van der Waals surface area contributed by atoms with Gasteiger partial charge in [0, 0.05) is 19.7 Å². The third kappa shape index (κ3) is 3.43. The zero-order chi connectivity index (χ0) is 15.6. The van der Waals surface area contributed by atoms with Gasteiger partial charge >= 0.3 is 5.69 Å². The van der Waals surface area contributed by atoms with E-state index in [1.807, 2.05) is 0 Å². The first-order valence-electron chi connectivity index (χ1n) is 6.13. The molecule has 0 saturated heterocycles. The number of ketones is 1. The average molecular weight is 308 g/mol. The number of halogens is 1. The van der Waals surface area contributed by atoms with Crippen LogP contribution in [-0.4, -0.2) is 17.8 Å². The van der Waals surface area contributed by atoms with Gasteiger partial charge in [0.25, 0.3) is 0 Å². The Bertz CT molecular complexity index is 682. The molecule has 21 heavy (non-hydrogen) atoms. The quantitative estimate of drug-likeness (QED) is 0.480. The number of hydrogen-bond acceptors (Lipinski definition) is 5. The van der Waals surface area contributed by atoms with E-state index in [4.69, 9.17) is 0 Å². The van der Waals surface area contributed by atoms with Crippen molar-refractivity contribution in [2.24, 2.45) is 0 Å². The molecular weight excluding hydrogens is 295 g/mol. The Kier molecular flexibility index (Phi) is 4.32. The van der Waals surface area contributed by atoms with Crippen LogP contribution in [0.2, 0.25) is 0 Å². The van der Waals surface area contributed by atoms with E-state index in [1.165, 1.54) is 25.1 Å². The van der Waals surface area contributed by atoms with Crippen molar-refractivity contribution >= 4 is 27.8 Å². The van der Waals surface area contributed by atoms with E-state index >= 15 is 0 Å². The summed E-state index contributed by atoms with van der Waals surface area (Å²) in [6, 6.07) is 7.22. The fourth-order valence-corrected chi connectivity index (χ4v) is 2.87. The summed E-state index contributed by atoms with van der Waals surface area (Å²) in [6.07, 6.45) is 0. The Morgan fingerprint density at radius 1 is 1.38 bits per heavy atom. The van der Waals surface area contributed by atoms with Gasteiger partial charge in [-0.3, -0.25) is 14.9 Å². The van der Waals surface area contributed by atoms with Crippen molar-refractivity contribution in [3.63, 3.8) is 0 Å². The van der Waals surface area contributed by atoms with E-state index in [0.717, 1.165) is 16.9 Å². The molecule has 0 amide bonds. The van der Waals surface area contributed by atoms with Gasteiger partial charge in [0.05, 0.1) is 9.80 Å². The molecule has 7 heteroatoms. The summed E-state index contributed by atoms with van der Waals surface area (Å²) in [6.45, 7) is 1.76. The van der Waals surface area contributed by atoms with Gasteiger partial charge < -0.3 is 4.90 Å². The van der Waals surface area contributed by atoms with E-state index in [9.17, 15) is 19.3 Å². The van der Waals surface area contributed by atoms with Crippen LogP contribution in [0.25, 0.3) is 0 Å². The fraction of sp³-hybridized carbons (Fsp3) is 0.214. The highest BCUT2D eigenvalue weighted by Gasteiger charge is 2.23. The largest absolute Gasteiger partial charge is 0.357 e. The molecule has 0 aliphatic rings. The predicted molar refractivity (Wildman–Crippen MR) is 79.5 cm³/mol. The molecule has 5 nitrogen and oxygen atoms in total. The summed E-state index contributed by atoms with van der Waals surface area (Å²) in [7, 11) is 1.70. The van der Waals surface area contributed by atoms with Crippen LogP contribution in [0.1, 0.15) is 22.2 Å². The van der Waals surface area contributed by atoms with Crippen molar-refractivity contribution in [1.82, 2.24) is 0 Å². The first kappa shape index (κ1) is 15.1. The van der Waals surface area contributed by atoms with Crippen LogP contribution >= 0.6 is 11.3 Å². The lowest BCUT2D eigenvalue weighted by atomic mass is 10.2. The van der Waals surface area contributed by atoms with Gasteiger partial charge in [-0.15, -0.1) is 11.3 Å². The third-order valence-electron chi connectivity index (χ3n) is 2.92. The van der Waals surface area contributed by atoms with Crippen molar-refractivity contribution in [1.29, 1.82) is 0 Å². The van der Waals surface area contributed by atoms with Gasteiger partial charge in [-0.2, -0.15) is 0 Å². The molecule has 2 rings (SSSR count). The first-order chi connectivity index (χ1) is 9.88. The van der Waals surface area contributed by atoms with Gasteiger partial charge in [0.1, 0.15) is 5.82 Å². The number of rotatable bonds is 5. The Morgan fingerprint density at radius 2 is 2.00 bits per heavy atom. The highest BCUT2D eigenvalue weighted by molar-refractivity contribution is 7.18. The summed E-state index contributed by atoms with van der Waals surface area (Å²) < 4.78 is 12.9. The van der Waals surface area contributed by atoms with Crippen LogP contribution in [0.5, 0.6) is 0 Å². The number of carbonyl (C=O) groups excluding carboxylic acids is 1. The molecular formula is C14H13FN2O3S. The Balaban J connectivity index is 2.29. The van der Waals surface area contributed by atoms with Crippen LogP contribution in [0.4, 0.5) is 15.1 Å². The average Bonchev–Trinajstić information content (AvgIpc) is 2.87. The maximum Gasteiger partial charge on any atom is 0.304 e. The SMILES string of the molecule is CC(=O)c1cc([N+](=O)[O-])c(N(C)Cc2ccc(F)cc2)s1. The van der Waals surface area contributed by atoms with Crippen molar-refractivity contribution in [2.75, 3.05) is 11.9 Å². The first-order valence-corrected chi connectivity index (χ1v) is 6.95. The number of Topliss-reactive ketones (excluding diaryl/α,β-unsaturated/α-hetero) is 1. The van der Waals surface area contributed by atoms with E-state index < -0.39 is 4.92 Å². The predicted octanol–water partition coefficient (Wildman–Crippen LogP) is 3.63. The minimum Gasteiger partial charge on any atom is -0.357 e. The van der Waals surface area contributed by atoms with E-state index in [-0.39, 0.29) is 17.3 Å². The van der Waals surface area contributed by atoms with Crippen LogP contribution in [0, 0.1) is 15.9 Å². The van der Waals surface area contributed by atoms with Gasteiger partial charge in [0.15, 0.2) is 10.8 Å². The normalized spacial score (nSPS) is 10.4. The molecule has 1 aromatic carbocycles. The molecule has 2 aromatic rings. The molecule has 0 spiro atoms. The maximum atomic E-state index is 12.9. The zero-order valence-electron chi connectivity index (χ0n) is 11.5. The van der Waals surface area contributed by atoms with Crippen LogP contribution in [-0.2, 0) is 6.54 Å². The smallest absolute Gasteiger partial charge is 0.304 e. The lowest BCUT2D eigenvalue weighted by Gasteiger charge is -2.16. The van der Waals surface area contributed by atoms with Gasteiger partial charge in [-0.05, 0) is 24.6 Å². The number of benzene rings is 1. The van der Waals surface area contributed by atoms with Crippen LogP contribution in [0.3, 0.4) is 0 Å². The topological polar surface area (TPSA) is 63.4 Å². The Labute approximate surface area is 124 Å². The molecule has 0 atom stereocenters. The summed E-state index contributed by atoms with van der Waals surface area (Å²) in [5.41, 5.74) is 0.737.